The van der Waals surface area contributed by atoms with Crippen molar-refractivity contribution in [2.45, 2.75) is 38.0 Å². The molecule has 1 aromatic rings. The van der Waals surface area contributed by atoms with Gasteiger partial charge < -0.3 is 9.73 Å². The molecule has 1 N–H and O–H groups in total. The van der Waals surface area contributed by atoms with Gasteiger partial charge in [-0.15, -0.1) is 0 Å². The number of halogens is 1. The van der Waals surface area contributed by atoms with Crippen LogP contribution in [0.3, 0.4) is 0 Å². The molecule has 1 aromatic heterocycles. The predicted molar refractivity (Wildman–Crippen MR) is 69.7 cm³/mol. The SMILES string of the molecule is CNCC1CCCCCC1c1occc1Br. The minimum absolute atomic E-state index is 0.583. The van der Waals surface area contributed by atoms with E-state index in [1.165, 1.54) is 32.1 Å². The van der Waals surface area contributed by atoms with Gasteiger partial charge in [0, 0.05) is 5.92 Å². The van der Waals surface area contributed by atoms with Crippen LogP contribution in [0.2, 0.25) is 0 Å². The molecule has 1 aliphatic rings. The third-order valence-electron chi connectivity index (χ3n) is 3.61. The molecule has 1 aliphatic carbocycles. The van der Waals surface area contributed by atoms with Crippen molar-refractivity contribution in [1.29, 1.82) is 0 Å². The maximum absolute atomic E-state index is 5.66. The lowest BCUT2D eigenvalue weighted by molar-refractivity contribution is 0.332. The van der Waals surface area contributed by atoms with E-state index in [9.17, 15) is 0 Å². The van der Waals surface area contributed by atoms with Gasteiger partial charge in [0.1, 0.15) is 5.76 Å². The molecule has 0 bridgehead atoms. The second-order valence-electron chi connectivity index (χ2n) is 4.70. The van der Waals surface area contributed by atoms with Gasteiger partial charge >= 0.3 is 0 Å². The first-order chi connectivity index (χ1) is 7.83. The van der Waals surface area contributed by atoms with Gasteiger partial charge in [-0.05, 0) is 54.3 Å². The van der Waals surface area contributed by atoms with E-state index in [-0.39, 0.29) is 0 Å². The van der Waals surface area contributed by atoms with Crippen LogP contribution in [0, 0.1) is 5.92 Å². The summed E-state index contributed by atoms with van der Waals surface area (Å²) >= 11 is 3.59. The average molecular weight is 286 g/mol. The number of nitrogens with one attached hydrogen (secondary N) is 1. The topological polar surface area (TPSA) is 25.2 Å². The van der Waals surface area contributed by atoms with Crippen LogP contribution < -0.4 is 5.32 Å². The Morgan fingerprint density at radius 1 is 1.38 bits per heavy atom. The van der Waals surface area contributed by atoms with Crippen molar-refractivity contribution in [3.05, 3.63) is 22.6 Å². The Bertz CT molecular complexity index is 323. The molecule has 3 heteroatoms. The van der Waals surface area contributed by atoms with Crippen LogP contribution in [0.4, 0.5) is 0 Å². The molecule has 0 saturated heterocycles. The van der Waals surface area contributed by atoms with Gasteiger partial charge in [0.15, 0.2) is 0 Å². The molecule has 0 aromatic carbocycles. The fourth-order valence-electron chi connectivity index (χ4n) is 2.81. The lowest BCUT2D eigenvalue weighted by Crippen LogP contribution is -2.24. The largest absolute Gasteiger partial charge is 0.468 e. The van der Waals surface area contributed by atoms with Crippen molar-refractivity contribution in [3.63, 3.8) is 0 Å². The van der Waals surface area contributed by atoms with E-state index in [0.29, 0.717) is 5.92 Å². The summed E-state index contributed by atoms with van der Waals surface area (Å²) in [5, 5.41) is 3.32. The first kappa shape index (κ1) is 12.2. The van der Waals surface area contributed by atoms with Crippen molar-refractivity contribution in [1.82, 2.24) is 5.32 Å². The maximum Gasteiger partial charge on any atom is 0.121 e. The fraction of sp³-hybridized carbons (Fsp3) is 0.692. The van der Waals surface area contributed by atoms with Gasteiger partial charge in [0.2, 0.25) is 0 Å². The first-order valence-corrected chi connectivity index (χ1v) is 6.99. The molecule has 16 heavy (non-hydrogen) atoms. The molecule has 2 nitrogen and oxygen atoms in total. The molecule has 0 aliphatic heterocycles. The molecular weight excluding hydrogens is 266 g/mol. The molecular formula is C13H20BrNO. The molecule has 0 radical (unpaired) electrons. The number of hydrogen-bond acceptors (Lipinski definition) is 2. The summed E-state index contributed by atoms with van der Waals surface area (Å²) < 4.78 is 6.80. The smallest absolute Gasteiger partial charge is 0.121 e. The Morgan fingerprint density at radius 3 is 2.88 bits per heavy atom. The van der Waals surface area contributed by atoms with Crippen molar-refractivity contribution in [3.8, 4) is 0 Å². The Balaban J connectivity index is 2.17. The summed E-state index contributed by atoms with van der Waals surface area (Å²) in [7, 11) is 2.04. The van der Waals surface area contributed by atoms with Crippen molar-refractivity contribution >= 4 is 15.9 Å². The summed E-state index contributed by atoms with van der Waals surface area (Å²) in [6, 6.07) is 2.01. The van der Waals surface area contributed by atoms with E-state index in [2.05, 4.69) is 21.2 Å². The zero-order valence-corrected chi connectivity index (χ0v) is 11.4. The summed E-state index contributed by atoms with van der Waals surface area (Å²) in [4.78, 5) is 0. The highest BCUT2D eigenvalue weighted by atomic mass is 79.9. The summed E-state index contributed by atoms with van der Waals surface area (Å²) in [5.41, 5.74) is 0. The van der Waals surface area contributed by atoms with Gasteiger partial charge in [-0.1, -0.05) is 19.3 Å². The van der Waals surface area contributed by atoms with Crippen molar-refractivity contribution in [2.75, 3.05) is 13.6 Å². The van der Waals surface area contributed by atoms with E-state index < -0.39 is 0 Å². The Kier molecular flexibility index (Phi) is 4.47. The first-order valence-electron chi connectivity index (χ1n) is 6.20. The highest BCUT2D eigenvalue weighted by Gasteiger charge is 2.28. The average Bonchev–Trinajstić information content (AvgIpc) is 2.56. The second kappa shape index (κ2) is 5.87. The van der Waals surface area contributed by atoms with Gasteiger partial charge in [0.05, 0.1) is 10.7 Å². The van der Waals surface area contributed by atoms with Crippen LogP contribution in [0.1, 0.15) is 43.8 Å². The van der Waals surface area contributed by atoms with Crippen LogP contribution in [0.5, 0.6) is 0 Å². The molecule has 2 rings (SSSR count). The fourth-order valence-corrected chi connectivity index (χ4v) is 3.30. The molecule has 0 spiro atoms. The molecule has 1 saturated carbocycles. The third-order valence-corrected chi connectivity index (χ3v) is 4.26. The van der Waals surface area contributed by atoms with E-state index in [4.69, 9.17) is 4.42 Å². The highest BCUT2D eigenvalue weighted by molar-refractivity contribution is 9.10. The normalized spacial score (nSPS) is 26.6. The zero-order chi connectivity index (χ0) is 11.4. The van der Waals surface area contributed by atoms with E-state index in [0.717, 1.165) is 22.7 Å². The molecule has 1 fully saturated rings. The van der Waals surface area contributed by atoms with Crippen LogP contribution in [-0.4, -0.2) is 13.6 Å². The molecule has 2 atom stereocenters. The monoisotopic (exact) mass is 285 g/mol. The van der Waals surface area contributed by atoms with Crippen LogP contribution in [0.25, 0.3) is 0 Å². The summed E-state index contributed by atoms with van der Waals surface area (Å²) in [6.07, 6.45) is 8.44. The summed E-state index contributed by atoms with van der Waals surface area (Å²) in [6.45, 7) is 1.10. The minimum Gasteiger partial charge on any atom is -0.468 e. The van der Waals surface area contributed by atoms with E-state index in [1.807, 2.05) is 13.1 Å². The van der Waals surface area contributed by atoms with Gasteiger partial charge in [-0.3, -0.25) is 0 Å². The van der Waals surface area contributed by atoms with Gasteiger partial charge in [-0.2, -0.15) is 0 Å². The predicted octanol–water partition coefficient (Wildman–Crippen LogP) is 3.93. The second-order valence-corrected chi connectivity index (χ2v) is 5.55. The van der Waals surface area contributed by atoms with Crippen molar-refractivity contribution < 1.29 is 4.42 Å². The highest BCUT2D eigenvalue weighted by Crippen LogP contribution is 2.39. The standard InChI is InChI=1S/C13H20BrNO/c1-15-9-10-5-3-2-4-6-11(10)13-12(14)7-8-16-13/h7-8,10-11,15H,2-6,9H2,1H3. The molecule has 90 valence electrons. The number of hydrogen-bond donors (Lipinski definition) is 1. The Labute approximate surface area is 106 Å². The Morgan fingerprint density at radius 2 is 2.19 bits per heavy atom. The summed E-state index contributed by atoms with van der Waals surface area (Å²) in [5.74, 6) is 2.46. The van der Waals surface area contributed by atoms with E-state index in [1.54, 1.807) is 6.26 Å². The number of furan rings is 1. The number of rotatable bonds is 3. The maximum atomic E-state index is 5.66. The van der Waals surface area contributed by atoms with Gasteiger partial charge in [0.25, 0.3) is 0 Å². The van der Waals surface area contributed by atoms with Crippen LogP contribution in [-0.2, 0) is 0 Å². The lowest BCUT2D eigenvalue weighted by atomic mass is 9.86. The van der Waals surface area contributed by atoms with Crippen LogP contribution in [0.15, 0.2) is 21.2 Å². The zero-order valence-electron chi connectivity index (χ0n) is 9.84. The minimum atomic E-state index is 0.583. The van der Waals surface area contributed by atoms with E-state index >= 15 is 0 Å². The van der Waals surface area contributed by atoms with Crippen molar-refractivity contribution in [2.24, 2.45) is 5.92 Å². The lowest BCUT2D eigenvalue weighted by Gasteiger charge is -2.23. The quantitative estimate of drug-likeness (QED) is 0.852. The molecule has 2 unspecified atom stereocenters. The van der Waals surface area contributed by atoms with Gasteiger partial charge in [-0.25, -0.2) is 0 Å². The molecule has 1 heterocycles. The Hall–Kier alpha value is -0.280. The third kappa shape index (κ3) is 2.69. The van der Waals surface area contributed by atoms with Crippen LogP contribution >= 0.6 is 15.9 Å². The molecule has 0 amide bonds.